The number of hydrogen-bond acceptors (Lipinski definition) is 17. The quantitative estimate of drug-likeness (QED) is 0.125. The first kappa shape index (κ1) is 48.8. The van der Waals surface area contributed by atoms with Crippen molar-refractivity contribution >= 4 is 30.0 Å². The molecule has 4 rings (SSSR count). The highest BCUT2D eigenvalue weighted by Gasteiger charge is 2.53. The monoisotopic (exact) mass is 841 g/mol. The molecule has 4 heterocycles. The van der Waals surface area contributed by atoms with E-state index in [1.165, 1.54) is 20.1 Å². The number of carbonyl (C=O) groups excluding carboxylic acids is 5. The van der Waals surface area contributed by atoms with Crippen LogP contribution in [0.25, 0.3) is 0 Å². The van der Waals surface area contributed by atoms with Gasteiger partial charge in [0, 0.05) is 45.6 Å². The summed E-state index contributed by atoms with van der Waals surface area (Å²) in [6.45, 7) is 13.4. The number of rotatable bonds is 12. The number of aliphatic hydroxyl groups is 2. The highest BCUT2D eigenvalue weighted by molar-refractivity contribution is 5.91. The van der Waals surface area contributed by atoms with E-state index in [0.29, 0.717) is 12.7 Å². The van der Waals surface area contributed by atoms with E-state index in [9.17, 15) is 34.2 Å². The minimum Gasteiger partial charge on any atom is -0.462 e. The lowest BCUT2D eigenvalue weighted by Gasteiger charge is -2.50. The molecule has 0 spiro atoms. The zero-order chi connectivity index (χ0) is 43.9. The molecule has 4 aliphatic rings. The Labute approximate surface area is 347 Å². The van der Waals surface area contributed by atoms with Gasteiger partial charge < -0.3 is 62.5 Å². The van der Waals surface area contributed by atoms with Crippen molar-refractivity contribution in [2.45, 2.75) is 185 Å². The van der Waals surface area contributed by atoms with Gasteiger partial charge in [0.05, 0.1) is 36.9 Å². The minimum absolute atomic E-state index is 0.0551. The van der Waals surface area contributed by atoms with Crippen LogP contribution in [0.15, 0.2) is 12.2 Å². The maximum absolute atomic E-state index is 13.4. The number of aldehydes is 1. The summed E-state index contributed by atoms with van der Waals surface area (Å²) in [7, 11) is 4.82. The van der Waals surface area contributed by atoms with Gasteiger partial charge in [0.2, 0.25) is 0 Å². The van der Waals surface area contributed by atoms with E-state index in [2.05, 4.69) is 0 Å². The molecule has 17 atom stereocenters. The summed E-state index contributed by atoms with van der Waals surface area (Å²) in [6.07, 6.45) is -7.99. The second-order valence-electron chi connectivity index (χ2n) is 17.5. The zero-order valence-corrected chi connectivity index (χ0v) is 36.3. The van der Waals surface area contributed by atoms with Crippen LogP contribution in [0.5, 0.6) is 0 Å². The highest BCUT2D eigenvalue weighted by atomic mass is 16.7. The predicted octanol–water partition coefficient (Wildman–Crippen LogP) is 2.43. The van der Waals surface area contributed by atoms with E-state index in [0.717, 1.165) is 0 Å². The molecular weight excluding hydrogens is 774 g/mol. The highest BCUT2D eigenvalue weighted by Crippen LogP contribution is 2.38. The van der Waals surface area contributed by atoms with Gasteiger partial charge in [0.25, 0.3) is 0 Å². The third-order valence-electron chi connectivity index (χ3n) is 11.4. The van der Waals surface area contributed by atoms with Gasteiger partial charge in [-0.2, -0.15) is 0 Å². The molecule has 3 saturated heterocycles. The number of likely N-dealkylation sites (N-methyl/N-ethyl adjacent to an activating group) is 1. The Kier molecular flexibility index (Phi) is 17.6. The first-order valence-corrected chi connectivity index (χ1v) is 20.7. The summed E-state index contributed by atoms with van der Waals surface area (Å²) in [5, 5.41) is 23.5. The minimum atomic E-state index is -1.51. The van der Waals surface area contributed by atoms with E-state index >= 15 is 0 Å². The van der Waals surface area contributed by atoms with Crippen LogP contribution in [0.3, 0.4) is 0 Å². The van der Waals surface area contributed by atoms with Crippen molar-refractivity contribution in [1.29, 1.82) is 0 Å². The van der Waals surface area contributed by atoms with E-state index in [1.807, 2.05) is 13.8 Å². The van der Waals surface area contributed by atoms with E-state index in [4.69, 9.17) is 42.6 Å². The molecule has 0 bridgehead atoms. The number of epoxide rings is 1. The number of allylic oxidation sites excluding steroid dienone is 1. The topological polar surface area (TPSA) is 215 Å². The molecule has 0 saturated carbocycles. The third kappa shape index (κ3) is 13.3. The van der Waals surface area contributed by atoms with Crippen molar-refractivity contribution in [3.63, 3.8) is 0 Å². The molecule has 0 aromatic rings. The van der Waals surface area contributed by atoms with Crippen LogP contribution in [-0.2, 0) is 66.6 Å². The van der Waals surface area contributed by atoms with Gasteiger partial charge in [-0.15, -0.1) is 0 Å². The molecule has 2 N–H and O–H groups in total. The van der Waals surface area contributed by atoms with Gasteiger partial charge in [-0.1, -0.05) is 20.8 Å². The summed E-state index contributed by atoms with van der Waals surface area (Å²) in [4.78, 5) is 65.8. The second kappa shape index (κ2) is 21.3. The van der Waals surface area contributed by atoms with Gasteiger partial charge >= 0.3 is 17.9 Å². The number of hydrogen-bond donors (Lipinski definition) is 2. The molecule has 17 heteroatoms. The standard InChI is InChI=1S/C42H67NO16/c1-21(2)16-32(47)57-40-25(6)53-34(20-42(40,8)50)58-37-24(5)54-41(36(49)35(37)43(9)10)59-38-27(14-15-44)17-22(3)28(46)12-13-29-30(56-29)18-23(4)52-33(48)19-31(39(38)51-11)55-26(7)45/h12-13,15,21-25,27,29-31,34-41,49-50H,14,16-20H2,1-11H3/b13-12+/t22-,23-,24-,25+,27+,29-,30+,31-,34-,35-,36+,37+,38+,39-,40-,41+,42+/m1/s1. The molecule has 0 aromatic heterocycles. The first-order chi connectivity index (χ1) is 27.6. The van der Waals surface area contributed by atoms with Gasteiger partial charge in [0.1, 0.15) is 48.5 Å². The van der Waals surface area contributed by atoms with Gasteiger partial charge in [-0.3, -0.25) is 19.2 Å². The Morgan fingerprint density at radius 1 is 1.00 bits per heavy atom. The van der Waals surface area contributed by atoms with Crippen molar-refractivity contribution in [3.8, 4) is 0 Å². The van der Waals surface area contributed by atoms with Crippen LogP contribution in [0, 0.1) is 17.8 Å². The molecule has 0 amide bonds. The van der Waals surface area contributed by atoms with E-state index in [-0.39, 0.29) is 49.6 Å². The summed E-state index contributed by atoms with van der Waals surface area (Å²) in [5.41, 5.74) is -1.51. The van der Waals surface area contributed by atoms with E-state index < -0.39 is 115 Å². The number of fused-ring (bicyclic) bond motifs is 1. The lowest BCUT2D eigenvalue weighted by atomic mass is 9.83. The van der Waals surface area contributed by atoms with Crippen molar-refractivity contribution in [3.05, 3.63) is 12.2 Å². The molecule has 0 radical (unpaired) electrons. The average molecular weight is 842 g/mol. The summed E-state index contributed by atoms with van der Waals surface area (Å²) in [6, 6.07) is -0.800. The lowest BCUT2D eigenvalue weighted by Crippen LogP contribution is -2.66. The fraction of sp³-hybridized carbons (Fsp3) is 0.833. The van der Waals surface area contributed by atoms with Crippen LogP contribution >= 0.6 is 0 Å². The fourth-order valence-electron chi connectivity index (χ4n) is 8.51. The number of ketones is 1. The summed E-state index contributed by atoms with van der Waals surface area (Å²) >= 11 is 0. The number of aliphatic hydroxyl groups excluding tert-OH is 1. The summed E-state index contributed by atoms with van der Waals surface area (Å²) < 4.78 is 54.2. The number of carbonyl (C=O) groups is 5. The van der Waals surface area contributed by atoms with Gasteiger partial charge in [-0.25, -0.2) is 0 Å². The van der Waals surface area contributed by atoms with Crippen LogP contribution < -0.4 is 0 Å². The molecule has 0 aromatic carbocycles. The molecular formula is C42H67NO16. The second-order valence-corrected chi connectivity index (χ2v) is 17.5. The molecule has 4 aliphatic heterocycles. The molecule has 0 aliphatic carbocycles. The first-order valence-electron chi connectivity index (χ1n) is 20.7. The van der Waals surface area contributed by atoms with Crippen molar-refractivity contribution in [2.75, 3.05) is 21.2 Å². The smallest absolute Gasteiger partial charge is 0.309 e. The van der Waals surface area contributed by atoms with Gasteiger partial charge in [0.15, 0.2) is 24.5 Å². The average Bonchev–Trinajstić information content (AvgIpc) is 3.85. The number of ether oxygens (including phenoxy) is 9. The van der Waals surface area contributed by atoms with Crippen LogP contribution in [0.1, 0.15) is 93.9 Å². The lowest BCUT2D eigenvalue weighted by molar-refractivity contribution is -0.344. The van der Waals surface area contributed by atoms with Crippen LogP contribution in [0.2, 0.25) is 0 Å². The van der Waals surface area contributed by atoms with Crippen molar-refractivity contribution in [2.24, 2.45) is 17.8 Å². The van der Waals surface area contributed by atoms with Crippen molar-refractivity contribution in [1.82, 2.24) is 4.90 Å². The van der Waals surface area contributed by atoms with Crippen LogP contribution in [0.4, 0.5) is 0 Å². The molecule has 0 unspecified atom stereocenters. The third-order valence-corrected chi connectivity index (χ3v) is 11.4. The molecule has 336 valence electrons. The van der Waals surface area contributed by atoms with E-state index in [1.54, 1.807) is 59.7 Å². The Bertz CT molecular complexity index is 1470. The predicted molar refractivity (Wildman–Crippen MR) is 208 cm³/mol. The Morgan fingerprint density at radius 3 is 2.29 bits per heavy atom. The molecule has 17 nitrogen and oxygen atoms in total. The normalized spacial score (nSPS) is 41.7. The largest absolute Gasteiger partial charge is 0.462 e. The Morgan fingerprint density at radius 2 is 1.69 bits per heavy atom. The molecule has 59 heavy (non-hydrogen) atoms. The van der Waals surface area contributed by atoms with Crippen molar-refractivity contribution < 1.29 is 76.8 Å². The SMILES string of the molecule is CO[C@H]1[C@@H](O[C@@H]2O[C@H](C)[C@H](O[C@@H]3C[C@](C)(O)[C@H](OC(=O)CC(C)C)[C@H](C)O3)[C@H](N(C)C)[C@@H]2O)[C@@H](CC=O)C[C@@H](C)C(=O)/C=C/[C@H]2O[C@H]2C[C@@H](C)OC(=O)C[C@H]1OC(C)=O. The van der Waals surface area contributed by atoms with Crippen LogP contribution in [-0.4, -0.2) is 158 Å². The fourth-order valence-corrected chi connectivity index (χ4v) is 8.51. The number of cyclic esters (lactones) is 1. The number of methoxy groups -OCH3 is 1. The number of nitrogens with zero attached hydrogens (tertiary/aromatic N) is 1. The maximum Gasteiger partial charge on any atom is 0.309 e. The maximum atomic E-state index is 13.4. The zero-order valence-electron chi connectivity index (χ0n) is 36.3. The summed E-state index contributed by atoms with van der Waals surface area (Å²) in [5.74, 6) is -3.35. The van der Waals surface area contributed by atoms with Gasteiger partial charge in [-0.05, 0) is 72.2 Å². The molecule has 3 fully saturated rings. The number of esters is 3. The Hall–Kier alpha value is -2.87. The Balaban J connectivity index is 1.64.